The number of nitrogens with one attached hydrogen (secondary N) is 1. The van der Waals surface area contributed by atoms with Crippen molar-refractivity contribution in [1.82, 2.24) is 5.32 Å². The molecule has 0 aliphatic rings. The van der Waals surface area contributed by atoms with E-state index in [0.29, 0.717) is 13.0 Å². The van der Waals surface area contributed by atoms with Crippen molar-refractivity contribution in [3.8, 4) is 0 Å². The Morgan fingerprint density at radius 2 is 2.05 bits per heavy atom. The Hall–Kier alpha value is -2.00. The number of hydrogen-bond acceptors (Lipinski definition) is 5. The fraction of sp³-hybridized carbons (Fsp3) is 0.300. The summed E-state index contributed by atoms with van der Waals surface area (Å²) in [6.07, 6.45) is 0.683. The molecule has 19 heavy (non-hydrogen) atoms. The van der Waals surface area contributed by atoms with Gasteiger partial charge >= 0.3 is 0 Å². The largest absolute Gasteiger partial charge is 0.352 e. The summed E-state index contributed by atoms with van der Waals surface area (Å²) in [5.74, 6) is -0.588. The molecule has 0 aromatic heterocycles. The molecule has 0 bridgehead atoms. The van der Waals surface area contributed by atoms with E-state index in [4.69, 9.17) is 5.14 Å². The van der Waals surface area contributed by atoms with Gasteiger partial charge in [0.1, 0.15) is 0 Å². The van der Waals surface area contributed by atoms with Gasteiger partial charge in [-0.25, -0.2) is 13.6 Å². The average Bonchev–Trinajstić information content (AvgIpc) is 2.34. The van der Waals surface area contributed by atoms with Crippen LogP contribution in [0.2, 0.25) is 0 Å². The van der Waals surface area contributed by atoms with Crippen molar-refractivity contribution in [3.63, 3.8) is 0 Å². The van der Waals surface area contributed by atoms with E-state index >= 15 is 0 Å². The highest BCUT2D eigenvalue weighted by Crippen LogP contribution is 2.20. The number of nitrogens with two attached hydrogens (primary N) is 1. The highest BCUT2D eigenvalue weighted by atomic mass is 32.2. The summed E-state index contributed by atoms with van der Waals surface area (Å²) in [6, 6.07) is 2.82. The average molecular weight is 287 g/mol. The predicted molar refractivity (Wildman–Crippen MR) is 67.1 cm³/mol. The molecule has 104 valence electrons. The molecule has 0 heterocycles. The minimum Gasteiger partial charge on any atom is -0.352 e. The minimum absolute atomic E-state index is 0.119. The molecule has 0 aliphatic carbocycles. The van der Waals surface area contributed by atoms with Crippen LogP contribution in [-0.2, 0) is 10.0 Å². The van der Waals surface area contributed by atoms with Gasteiger partial charge in [0.05, 0.1) is 9.82 Å². The second kappa shape index (κ2) is 5.76. The topological polar surface area (TPSA) is 132 Å². The van der Waals surface area contributed by atoms with Crippen molar-refractivity contribution in [2.75, 3.05) is 6.54 Å². The minimum atomic E-state index is -4.12. The van der Waals surface area contributed by atoms with E-state index in [0.717, 1.165) is 18.2 Å². The van der Waals surface area contributed by atoms with Gasteiger partial charge in [-0.2, -0.15) is 0 Å². The van der Waals surface area contributed by atoms with Crippen molar-refractivity contribution in [3.05, 3.63) is 33.9 Å². The molecule has 0 unspecified atom stereocenters. The van der Waals surface area contributed by atoms with E-state index in [1.807, 2.05) is 6.92 Å². The van der Waals surface area contributed by atoms with Gasteiger partial charge in [0.2, 0.25) is 10.0 Å². The lowest BCUT2D eigenvalue weighted by Crippen LogP contribution is -2.24. The van der Waals surface area contributed by atoms with Crippen LogP contribution >= 0.6 is 0 Å². The number of amides is 1. The molecular formula is C10H13N3O5S. The summed E-state index contributed by atoms with van der Waals surface area (Å²) in [5.41, 5.74) is -0.625. The van der Waals surface area contributed by atoms with E-state index in [-0.39, 0.29) is 5.56 Å². The van der Waals surface area contributed by atoms with Crippen LogP contribution in [0.15, 0.2) is 23.1 Å². The van der Waals surface area contributed by atoms with Gasteiger partial charge in [0.15, 0.2) is 0 Å². The van der Waals surface area contributed by atoms with E-state index in [9.17, 15) is 23.3 Å². The van der Waals surface area contributed by atoms with Crippen molar-refractivity contribution in [2.45, 2.75) is 18.2 Å². The van der Waals surface area contributed by atoms with Crippen LogP contribution in [0.4, 0.5) is 5.69 Å². The Morgan fingerprint density at radius 3 is 2.53 bits per heavy atom. The number of hydrogen-bond donors (Lipinski definition) is 2. The maximum atomic E-state index is 11.7. The third-order valence-electron chi connectivity index (χ3n) is 2.23. The molecule has 8 nitrogen and oxygen atoms in total. The maximum Gasteiger partial charge on any atom is 0.271 e. The zero-order valence-electron chi connectivity index (χ0n) is 10.1. The maximum absolute atomic E-state index is 11.7. The van der Waals surface area contributed by atoms with Crippen molar-refractivity contribution >= 4 is 21.6 Å². The molecule has 1 rings (SSSR count). The molecule has 0 aliphatic heterocycles. The zero-order chi connectivity index (χ0) is 14.6. The van der Waals surface area contributed by atoms with Crippen LogP contribution in [0.25, 0.3) is 0 Å². The van der Waals surface area contributed by atoms with Crippen LogP contribution in [0.3, 0.4) is 0 Å². The fourth-order valence-corrected chi connectivity index (χ4v) is 1.90. The summed E-state index contributed by atoms with van der Waals surface area (Å²) in [6.45, 7) is 2.22. The number of rotatable bonds is 5. The van der Waals surface area contributed by atoms with Gasteiger partial charge < -0.3 is 5.32 Å². The molecule has 3 N–H and O–H groups in total. The first kappa shape index (κ1) is 15.1. The Balaban J connectivity index is 3.29. The van der Waals surface area contributed by atoms with E-state index in [1.165, 1.54) is 0 Å². The Kier molecular flexibility index (Phi) is 4.57. The summed E-state index contributed by atoms with van der Waals surface area (Å²) < 4.78 is 22.4. The summed E-state index contributed by atoms with van der Waals surface area (Å²) >= 11 is 0. The molecule has 0 radical (unpaired) electrons. The summed E-state index contributed by atoms with van der Waals surface area (Å²) in [5, 5.41) is 18.1. The Labute approximate surface area is 109 Å². The number of nitro benzene ring substituents is 1. The third-order valence-corrected chi connectivity index (χ3v) is 3.12. The number of carbonyl (C=O) groups excluding carboxylic acids is 1. The number of benzene rings is 1. The zero-order valence-corrected chi connectivity index (χ0v) is 10.9. The lowest BCUT2D eigenvalue weighted by atomic mass is 10.2. The summed E-state index contributed by atoms with van der Waals surface area (Å²) in [7, 11) is -4.12. The molecule has 0 fully saturated rings. The number of nitro groups is 1. The van der Waals surface area contributed by atoms with Crippen molar-refractivity contribution in [2.24, 2.45) is 5.14 Å². The van der Waals surface area contributed by atoms with Gasteiger partial charge in [0.25, 0.3) is 11.6 Å². The molecular weight excluding hydrogens is 274 g/mol. The van der Waals surface area contributed by atoms with Crippen LogP contribution in [0.5, 0.6) is 0 Å². The molecule has 1 amide bonds. The van der Waals surface area contributed by atoms with Gasteiger partial charge in [-0.15, -0.1) is 0 Å². The van der Waals surface area contributed by atoms with Gasteiger partial charge in [-0.3, -0.25) is 14.9 Å². The second-order valence-corrected chi connectivity index (χ2v) is 5.34. The molecule has 0 atom stereocenters. The number of nitrogens with zero attached hydrogens (tertiary/aromatic N) is 1. The van der Waals surface area contributed by atoms with E-state index in [1.54, 1.807) is 0 Å². The lowest BCUT2D eigenvalue weighted by molar-refractivity contribution is -0.385. The standard InChI is InChI=1S/C10H13N3O5S/c1-2-3-12-10(14)7-4-8(13(15)16)6-9(5-7)19(11,17)18/h4-6H,2-3H2,1H3,(H,12,14)(H2,11,17,18). The monoisotopic (exact) mass is 287 g/mol. The van der Waals surface area contributed by atoms with Gasteiger partial charge in [0, 0.05) is 24.2 Å². The van der Waals surface area contributed by atoms with Crippen LogP contribution in [-0.4, -0.2) is 25.8 Å². The Morgan fingerprint density at radius 1 is 1.42 bits per heavy atom. The van der Waals surface area contributed by atoms with E-state index in [2.05, 4.69) is 5.32 Å². The third kappa shape index (κ3) is 4.00. The number of carbonyl (C=O) groups is 1. The number of non-ortho nitro benzene ring substituents is 1. The first-order valence-corrected chi connectivity index (χ1v) is 6.91. The smallest absolute Gasteiger partial charge is 0.271 e. The first-order valence-electron chi connectivity index (χ1n) is 5.36. The second-order valence-electron chi connectivity index (χ2n) is 3.77. The van der Waals surface area contributed by atoms with Crippen molar-refractivity contribution < 1.29 is 18.1 Å². The van der Waals surface area contributed by atoms with Gasteiger partial charge in [-0.05, 0) is 12.5 Å². The fourth-order valence-electron chi connectivity index (χ4n) is 1.32. The van der Waals surface area contributed by atoms with Crippen LogP contribution in [0.1, 0.15) is 23.7 Å². The summed E-state index contributed by atoms with van der Waals surface area (Å²) in [4.78, 5) is 21.1. The SMILES string of the molecule is CCCNC(=O)c1cc([N+](=O)[O-])cc(S(N)(=O)=O)c1. The Bertz CT molecular complexity index is 612. The molecule has 1 aromatic carbocycles. The van der Waals surface area contributed by atoms with E-state index < -0.39 is 31.4 Å². The van der Waals surface area contributed by atoms with Gasteiger partial charge in [-0.1, -0.05) is 6.92 Å². The molecule has 9 heteroatoms. The highest BCUT2D eigenvalue weighted by Gasteiger charge is 2.19. The molecule has 0 spiro atoms. The number of sulfonamides is 1. The molecule has 0 saturated carbocycles. The highest BCUT2D eigenvalue weighted by molar-refractivity contribution is 7.89. The first-order chi connectivity index (χ1) is 8.75. The number of primary sulfonamides is 1. The molecule has 0 saturated heterocycles. The van der Waals surface area contributed by atoms with Crippen LogP contribution in [0, 0.1) is 10.1 Å². The molecule has 1 aromatic rings. The predicted octanol–water partition coefficient (Wildman–Crippen LogP) is 0.382. The lowest BCUT2D eigenvalue weighted by Gasteiger charge is -2.05. The normalized spacial score (nSPS) is 11.1. The van der Waals surface area contributed by atoms with Crippen LogP contribution < -0.4 is 10.5 Å². The van der Waals surface area contributed by atoms with Crippen molar-refractivity contribution in [1.29, 1.82) is 0 Å². The quantitative estimate of drug-likeness (QED) is 0.596.